The molecular formula is C12H11ClFN3O. The first-order chi connectivity index (χ1) is 8.63. The molecular weight excluding hydrogens is 257 g/mol. The lowest BCUT2D eigenvalue weighted by Crippen LogP contribution is -2.37. The third kappa shape index (κ3) is 2.18. The summed E-state index contributed by atoms with van der Waals surface area (Å²) in [6, 6.07) is 3.67. The smallest absolute Gasteiger partial charge is 0.256 e. The molecule has 1 saturated carbocycles. The lowest BCUT2D eigenvalue weighted by atomic mass is 10.1. The number of amides is 1. The van der Waals surface area contributed by atoms with Crippen LogP contribution in [0.2, 0.25) is 5.02 Å². The topological polar surface area (TPSA) is 53.5 Å². The zero-order valence-corrected chi connectivity index (χ0v) is 10.2. The maximum Gasteiger partial charge on any atom is 0.256 e. The Morgan fingerprint density at radius 3 is 2.89 bits per heavy atom. The molecule has 94 valence electrons. The molecule has 18 heavy (non-hydrogen) atoms. The molecule has 0 bridgehead atoms. The molecule has 6 heteroatoms. The van der Waals surface area contributed by atoms with Crippen LogP contribution < -0.4 is 10.6 Å². The molecule has 2 N–H and O–H groups in total. The fraction of sp³-hybridized carbons (Fsp3) is 0.333. The summed E-state index contributed by atoms with van der Waals surface area (Å²) in [4.78, 5) is 16.1. The predicted molar refractivity (Wildman–Crippen MR) is 65.9 cm³/mol. The molecule has 1 amide bonds. The summed E-state index contributed by atoms with van der Waals surface area (Å²) in [6.07, 6.45) is 2.19. The molecule has 1 heterocycles. The zero-order valence-electron chi connectivity index (χ0n) is 9.41. The fourth-order valence-corrected chi connectivity index (χ4v) is 2.10. The number of benzene rings is 1. The van der Waals surface area contributed by atoms with Crippen molar-refractivity contribution in [1.82, 2.24) is 10.6 Å². The van der Waals surface area contributed by atoms with E-state index in [0.717, 1.165) is 12.8 Å². The average Bonchev–Trinajstić information content (AvgIpc) is 3.03. The number of carbonyl (C=O) groups is 1. The van der Waals surface area contributed by atoms with E-state index in [2.05, 4.69) is 15.6 Å². The van der Waals surface area contributed by atoms with E-state index in [1.54, 1.807) is 0 Å². The van der Waals surface area contributed by atoms with Gasteiger partial charge in [-0.25, -0.2) is 9.38 Å². The van der Waals surface area contributed by atoms with Gasteiger partial charge in [0.1, 0.15) is 5.82 Å². The highest BCUT2D eigenvalue weighted by molar-refractivity contribution is 6.31. The van der Waals surface area contributed by atoms with E-state index >= 15 is 0 Å². The van der Waals surface area contributed by atoms with Gasteiger partial charge in [0.2, 0.25) is 0 Å². The minimum atomic E-state index is -0.695. The lowest BCUT2D eigenvalue weighted by molar-refractivity contribution is -0.120. The van der Waals surface area contributed by atoms with Crippen LogP contribution in [-0.4, -0.2) is 17.9 Å². The van der Waals surface area contributed by atoms with Crippen LogP contribution in [0.25, 0.3) is 0 Å². The Bertz CT molecular complexity index is 542. The summed E-state index contributed by atoms with van der Waals surface area (Å²) < 4.78 is 13.0. The van der Waals surface area contributed by atoms with Crippen LogP contribution in [0.15, 0.2) is 23.2 Å². The number of nitrogens with one attached hydrogen (secondary N) is 2. The standard InChI is InChI=1S/C12H11ClFN3O/c13-9-5-6(14)1-4-8(9)10-11(18)17-12(16-10)15-7-2-3-7/h1,4-5,7,10H,2-3H2,(H2,15,16,17,18). The Morgan fingerprint density at radius 1 is 1.44 bits per heavy atom. The van der Waals surface area contributed by atoms with Gasteiger partial charge in [-0.2, -0.15) is 0 Å². The summed E-state index contributed by atoms with van der Waals surface area (Å²) in [7, 11) is 0. The fourth-order valence-electron chi connectivity index (χ4n) is 1.83. The van der Waals surface area contributed by atoms with Crippen LogP contribution in [0.1, 0.15) is 24.4 Å². The molecule has 3 rings (SSSR count). The molecule has 4 nitrogen and oxygen atoms in total. The van der Waals surface area contributed by atoms with Crippen molar-refractivity contribution in [2.75, 3.05) is 0 Å². The van der Waals surface area contributed by atoms with Gasteiger partial charge in [0.05, 0.1) is 0 Å². The summed E-state index contributed by atoms with van der Waals surface area (Å²) in [6.45, 7) is 0. The predicted octanol–water partition coefficient (Wildman–Crippen LogP) is 1.76. The molecule has 0 saturated heterocycles. The highest BCUT2D eigenvalue weighted by Gasteiger charge is 2.32. The lowest BCUT2D eigenvalue weighted by Gasteiger charge is -2.06. The van der Waals surface area contributed by atoms with Crippen LogP contribution in [-0.2, 0) is 4.79 Å². The minimum Gasteiger partial charge on any atom is -0.353 e. The number of hydrogen-bond acceptors (Lipinski definition) is 3. The van der Waals surface area contributed by atoms with E-state index in [1.807, 2.05) is 0 Å². The third-order valence-corrected chi connectivity index (χ3v) is 3.25. The third-order valence-electron chi connectivity index (χ3n) is 2.92. The van der Waals surface area contributed by atoms with Crippen LogP contribution in [0.4, 0.5) is 4.39 Å². The number of guanidine groups is 1. The normalized spacial score (nSPS) is 22.7. The van der Waals surface area contributed by atoms with E-state index in [0.29, 0.717) is 17.6 Å². The van der Waals surface area contributed by atoms with Gasteiger partial charge in [0, 0.05) is 16.6 Å². The molecule has 1 aromatic rings. The van der Waals surface area contributed by atoms with Crippen molar-refractivity contribution in [2.24, 2.45) is 4.99 Å². The molecule has 0 spiro atoms. The van der Waals surface area contributed by atoms with Gasteiger partial charge in [0.25, 0.3) is 5.91 Å². The summed E-state index contributed by atoms with van der Waals surface area (Å²) in [5, 5.41) is 5.99. The van der Waals surface area contributed by atoms with Crippen molar-refractivity contribution in [3.63, 3.8) is 0 Å². The van der Waals surface area contributed by atoms with E-state index in [-0.39, 0.29) is 10.9 Å². The molecule has 1 aliphatic carbocycles. The van der Waals surface area contributed by atoms with Gasteiger partial charge in [-0.05, 0) is 25.0 Å². The first-order valence-electron chi connectivity index (χ1n) is 5.73. The van der Waals surface area contributed by atoms with Crippen molar-refractivity contribution in [3.8, 4) is 0 Å². The molecule has 1 unspecified atom stereocenters. The number of carbonyl (C=O) groups excluding carboxylic acids is 1. The van der Waals surface area contributed by atoms with Crippen molar-refractivity contribution in [2.45, 2.75) is 24.9 Å². The van der Waals surface area contributed by atoms with E-state index < -0.39 is 11.9 Å². The van der Waals surface area contributed by atoms with Gasteiger partial charge in [-0.3, -0.25) is 10.1 Å². The van der Waals surface area contributed by atoms with Crippen molar-refractivity contribution >= 4 is 23.5 Å². The van der Waals surface area contributed by atoms with Crippen LogP contribution in [0.3, 0.4) is 0 Å². The maximum absolute atomic E-state index is 13.0. The first kappa shape index (κ1) is 11.5. The average molecular weight is 268 g/mol. The number of rotatable bonds is 2. The van der Waals surface area contributed by atoms with Gasteiger partial charge < -0.3 is 5.32 Å². The van der Waals surface area contributed by atoms with Crippen LogP contribution >= 0.6 is 11.6 Å². The maximum atomic E-state index is 13.0. The second-order valence-electron chi connectivity index (χ2n) is 4.45. The zero-order chi connectivity index (χ0) is 12.7. The summed E-state index contributed by atoms with van der Waals surface area (Å²) >= 11 is 5.93. The summed E-state index contributed by atoms with van der Waals surface area (Å²) in [5.74, 6) is -0.193. The molecule has 1 aliphatic heterocycles. The first-order valence-corrected chi connectivity index (χ1v) is 6.11. The number of halogens is 2. The second kappa shape index (κ2) is 4.24. The van der Waals surface area contributed by atoms with Gasteiger partial charge >= 0.3 is 0 Å². The highest BCUT2D eigenvalue weighted by Crippen LogP contribution is 2.29. The Balaban J connectivity index is 1.86. The molecule has 1 aromatic carbocycles. The molecule has 0 aromatic heterocycles. The van der Waals surface area contributed by atoms with Gasteiger partial charge in [-0.15, -0.1) is 0 Å². The molecule has 1 atom stereocenters. The molecule has 0 radical (unpaired) electrons. The Labute approximate surface area is 108 Å². The summed E-state index contributed by atoms with van der Waals surface area (Å²) in [5.41, 5.74) is 0.517. The second-order valence-corrected chi connectivity index (χ2v) is 4.86. The Morgan fingerprint density at radius 2 is 2.22 bits per heavy atom. The SMILES string of the molecule is O=C1NC(NC2CC2)=NC1c1ccc(F)cc1Cl. The Hall–Kier alpha value is -1.62. The largest absolute Gasteiger partial charge is 0.353 e. The number of hydrogen-bond donors (Lipinski definition) is 2. The molecule has 2 aliphatic rings. The van der Waals surface area contributed by atoms with E-state index in [1.165, 1.54) is 18.2 Å². The van der Waals surface area contributed by atoms with Crippen LogP contribution in [0.5, 0.6) is 0 Å². The minimum absolute atomic E-state index is 0.214. The van der Waals surface area contributed by atoms with Crippen molar-refractivity contribution in [3.05, 3.63) is 34.6 Å². The van der Waals surface area contributed by atoms with Gasteiger partial charge in [0.15, 0.2) is 12.0 Å². The quantitative estimate of drug-likeness (QED) is 0.858. The van der Waals surface area contributed by atoms with Gasteiger partial charge in [-0.1, -0.05) is 17.7 Å². The number of aliphatic imine (C=N–C) groups is 1. The number of nitrogens with zero attached hydrogens (tertiary/aromatic N) is 1. The molecule has 1 fully saturated rings. The Kier molecular flexibility index (Phi) is 2.70. The van der Waals surface area contributed by atoms with Crippen molar-refractivity contribution in [1.29, 1.82) is 0 Å². The highest BCUT2D eigenvalue weighted by atomic mass is 35.5. The van der Waals surface area contributed by atoms with Crippen LogP contribution in [0, 0.1) is 5.82 Å². The monoisotopic (exact) mass is 267 g/mol. The van der Waals surface area contributed by atoms with E-state index in [4.69, 9.17) is 11.6 Å². The van der Waals surface area contributed by atoms with Crippen molar-refractivity contribution < 1.29 is 9.18 Å². The van der Waals surface area contributed by atoms with E-state index in [9.17, 15) is 9.18 Å².